The number of aromatic nitrogens is 1. The lowest BCUT2D eigenvalue weighted by molar-refractivity contribution is 0.283. The maximum absolute atomic E-state index is 6.93. The second kappa shape index (κ2) is 9.73. The van der Waals surface area contributed by atoms with Crippen LogP contribution in [-0.2, 0) is 17.4 Å². The van der Waals surface area contributed by atoms with Gasteiger partial charge >= 0.3 is 0 Å². The fraction of sp³-hybridized carbons (Fsp3) is 0.400. The molecule has 0 spiro atoms. The molecule has 0 bridgehead atoms. The van der Waals surface area contributed by atoms with E-state index in [1.807, 2.05) is 14.1 Å². The van der Waals surface area contributed by atoms with Crippen LogP contribution in [0.3, 0.4) is 0 Å². The van der Waals surface area contributed by atoms with Crippen LogP contribution in [0, 0.1) is 0 Å². The lowest BCUT2D eigenvalue weighted by Crippen LogP contribution is -2.66. The van der Waals surface area contributed by atoms with Gasteiger partial charge in [-0.05, 0) is 35.9 Å². The van der Waals surface area contributed by atoms with Crippen molar-refractivity contribution >= 4 is 18.7 Å². The summed E-state index contributed by atoms with van der Waals surface area (Å²) in [5.41, 5.74) is 0.975. The van der Waals surface area contributed by atoms with E-state index in [2.05, 4.69) is 97.6 Å². The smallest absolute Gasteiger partial charge is 0.261 e. The van der Waals surface area contributed by atoms with Crippen molar-refractivity contribution in [2.45, 2.75) is 45.2 Å². The molecule has 0 aliphatic carbocycles. The Kier molecular flexibility index (Phi) is 7.29. The van der Waals surface area contributed by atoms with Gasteiger partial charge in [0.05, 0.1) is 5.69 Å². The lowest BCUT2D eigenvalue weighted by atomic mass is 10.2. The Morgan fingerprint density at radius 1 is 0.933 bits per heavy atom. The van der Waals surface area contributed by atoms with Crippen LogP contribution < -0.4 is 10.4 Å². The number of hydrogen-bond donors (Lipinski definition) is 0. The average molecular weight is 423 g/mol. The summed E-state index contributed by atoms with van der Waals surface area (Å²) >= 11 is 0. The van der Waals surface area contributed by atoms with Crippen molar-refractivity contribution in [2.75, 3.05) is 20.7 Å². The molecule has 0 radical (unpaired) electrons. The van der Waals surface area contributed by atoms with Gasteiger partial charge in [-0.3, -0.25) is 0 Å². The van der Waals surface area contributed by atoms with E-state index in [4.69, 9.17) is 8.95 Å². The predicted molar refractivity (Wildman–Crippen MR) is 126 cm³/mol. The first kappa shape index (κ1) is 22.5. The molecule has 0 aliphatic heterocycles. The van der Waals surface area contributed by atoms with Gasteiger partial charge in [-0.1, -0.05) is 86.6 Å². The van der Waals surface area contributed by atoms with Crippen molar-refractivity contribution in [2.24, 2.45) is 0 Å². The fourth-order valence-electron chi connectivity index (χ4n) is 4.11. The molecule has 3 rings (SSSR count). The van der Waals surface area contributed by atoms with Gasteiger partial charge in [0.2, 0.25) is 0 Å². The van der Waals surface area contributed by atoms with Gasteiger partial charge in [0, 0.05) is 25.6 Å². The van der Waals surface area contributed by atoms with Crippen molar-refractivity contribution in [1.29, 1.82) is 0 Å². The van der Waals surface area contributed by atoms with E-state index in [1.54, 1.807) is 0 Å². The number of aryl methyl sites for hydroxylation is 1. The maximum atomic E-state index is 6.93. The molecule has 0 amide bonds. The molecule has 30 heavy (non-hydrogen) atoms. The van der Waals surface area contributed by atoms with E-state index < -0.39 is 8.32 Å². The van der Waals surface area contributed by atoms with Crippen molar-refractivity contribution in [3.05, 3.63) is 78.2 Å². The molecule has 160 valence electrons. The molecular weight excluding hydrogens is 388 g/mol. The highest BCUT2D eigenvalue weighted by Gasteiger charge is 2.49. The lowest BCUT2D eigenvalue weighted by Gasteiger charge is -2.43. The van der Waals surface area contributed by atoms with Gasteiger partial charge in [-0.15, -0.1) is 0 Å². The summed E-state index contributed by atoms with van der Waals surface area (Å²) in [6.45, 7) is 8.41. The van der Waals surface area contributed by atoms with Crippen LogP contribution in [0.15, 0.2) is 71.3 Å². The summed E-state index contributed by atoms with van der Waals surface area (Å²) in [4.78, 5) is 2.09. The molecule has 5 heteroatoms. The highest BCUT2D eigenvalue weighted by molar-refractivity contribution is 6.99. The van der Waals surface area contributed by atoms with Crippen LogP contribution in [0.4, 0.5) is 0 Å². The first-order valence-electron chi connectivity index (χ1n) is 10.7. The largest absolute Gasteiger partial charge is 0.407 e. The van der Waals surface area contributed by atoms with Gasteiger partial charge in [-0.25, -0.2) is 0 Å². The molecule has 0 unspecified atom stereocenters. The summed E-state index contributed by atoms with van der Waals surface area (Å²) in [5.74, 6) is 0.929. The summed E-state index contributed by atoms with van der Waals surface area (Å²) in [5, 5.41) is 6.80. The number of rotatable bonds is 9. The first-order chi connectivity index (χ1) is 14.3. The topological polar surface area (TPSA) is 38.5 Å². The van der Waals surface area contributed by atoms with Crippen molar-refractivity contribution in [1.82, 2.24) is 10.1 Å². The fourth-order valence-corrected chi connectivity index (χ4v) is 8.71. The Labute approximate surface area is 182 Å². The van der Waals surface area contributed by atoms with E-state index in [-0.39, 0.29) is 5.04 Å². The average Bonchev–Trinajstić information content (AvgIpc) is 3.15. The summed E-state index contributed by atoms with van der Waals surface area (Å²) < 4.78 is 12.4. The standard InChI is InChI=1S/C25H34N2O2Si/c1-25(2,3)30(23-14-8-6-9-15-23,24-16-10-7-11-17-24)28-18-12-13-22-19-21(26-29-22)20-27(4)5/h6-11,14-17,19H,12-13,18,20H2,1-5H3. The Hall–Kier alpha value is -2.21. The SMILES string of the molecule is CN(C)Cc1cc(CCCO[Si](c2ccccc2)(c2ccccc2)C(C)(C)C)on1. The number of nitrogens with zero attached hydrogens (tertiary/aromatic N) is 2. The Morgan fingerprint density at radius 2 is 1.50 bits per heavy atom. The highest BCUT2D eigenvalue weighted by atomic mass is 28.4. The van der Waals surface area contributed by atoms with E-state index in [9.17, 15) is 0 Å². The second-order valence-electron chi connectivity index (χ2n) is 9.14. The molecule has 0 fully saturated rings. The third-order valence-electron chi connectivity index (χ3n) is 5.39. The molecule has 1 aromatic heterocycles. The van der Waals surface area contributed by atoms with Gasteiger partial charge in [0.25, 0.3) is 8.32 Å². The predicted octanol–water partition coefficient (Wildman–Crippen LogP) is 4.25. The van der Waals surface area contributed by atoms with Crippen LogP contribution in [-0.4, -0.2) is 39.1 Å². The van der Waals surface area contributed by atoms with E-state index in [1.165, 1.54) is 10.4 Å². The quantitative estimate of drug-likeness (QED) is 0.382. The second-order valence-corrected chi connectivity index (χ2v) is 13.4. The molecule has 0 aliphatic rings. The molecule has 0 N–H and O–H groups in total. The first-order valence-corrected chi connectivity index (χ1v) is 12.6. The van der Waals surface area contributed by atoms with Crippen LogP contribution in [0.1, 0.15) is 38.6 Å². The minimum Gasteiger partial charge on any atom is -0.407 e. The van der Waals surface area contributed by atoms with Gasteiger partial charge in [0.1, 0.15) is 5.76 Å². The van der Waals surface area contributed by atoms with Crippen LogP contribution in [0.25, 0.3) is 0 Å². The monoisotopic (exact) mass is 422 g/mol. The molecule has 4 nitrogen and oxygen atoms in total. The summed E-state index contributed by atoms with van der Waals surface area (Å²) in [7, 11) is 1.61. The van der Waals surface area contributed by atoms with Gasteiger partial charge in [-0.2, -0.15) is 0 Å². The third kappa shape index (κ3) is 5.09. The molecule has 0 atom stereocenters. The minimum atomic E-state index is -2.46. The van der Waals surface area contributed by atoms with E-state index >= 15 is 0 Å². The van der Waals surface area contributed by atoms with Crippen molar-refractivity contribution in [3.63, 3.8) is 0 Å². The Bertz CT molecular complexity index is 862. The van der Waals surface area contributed by atoms with E-state index in [0.29, 0.717) is 6.61 Å². The molecule has 1 heterocycles. The zero-order chi connectivity index (χ0) is 21.6. The molecule has 2 aromatic carbocycles. The van der Waals surface area contributed by atoms with Crippen LogP contribution >= 0.6 is 0 Å². The van der Waals surface area contributed by atoms with Gasteiger partial charge in [0.15, 0.2) is 0 Å². The number of benzene rings is 2. The van der Waals surface area contributed by atoms with Gasteiger partial charge < -0.3 is 13.8 Å². The normalized spacial score (nSPS) is 12.5. The van der Waals surface area contributed by atoms with Crippen molar-refractivity contribution in [3.8, 4) is 0 Å². The van der Waals surface area contributed by atoms with Crippen molar-refractivity contribution < 1.29 is 8.95 Å². The zero-order valence-corrected chi connectivity index (χ0v) is 19.9. The maximum Gasteiger partial charge on any atom is 0.261 e. The Morgan fingerprint density at radius 3 is 2.00 bits per heavy atom. The number of hydrogen-bond acceptors (Lipinski definition) is 4. The van der Waals surface area contributed by atoms with Crippen LogP contribution in [0.2, 0.25) is 5.04 Å². The highest BCUT2D eigenvalue weighted by Crippen LogP contribution is 2.36. The summed E-state index contributed by atoms with van der Waals surface area (Å²) in [6.07, 6.45) is 1.74. The Balaban J connectivity index is 1.79. The molecule has 0 saturated heterocycles. The third-order valence-corrected chi connectivity index (χ3v) is 10.4. The summed E-state index contributed by atoms with van der Waals surface area (Å²) in [6, 6.07) is 23.6. The van der Waals surface area contributed by atoms with E-state index in [0.717, 1.165) is 30.8 Å². The zero-order valence-electron chi connectivity index (χ0n) is 18.9. The molecule has 0 saturated carbocycles. The van der Waals surface area contributed by atoms with Crippen LogP contribution in [0.5, 0.6) is 0 Å². The molecule has 3 aromatic rings. The minimum absolute atomic E-state index is 0.000818. The molecular formula is C25H34N2O2Si.